The number of hydrogen-bond donors (Lipinski definition) is 0. The standard InChI is InChI=1S/C11H8Cl3F3N3/c1-5-18-10(11(15,16)17)19(2)20(5)9-7(13)3-6(12)4-8(9)14/h3-4H,1-2H3/q+1. The maximum Gasteiger partial charge on any atom is 0.501 e. The first-order chi connectivity index (χ1) is 9.12. The van der Waals surface area contributed by atoms with Crippen LogP contribution in [0.4, 0.5) is 13.2 Å². The molecule has 0 aliphatic rings. The molecule has 20 heavy (non-hydrogen) atoms. The maximum absolute atomic E-state index is 12.8. The summed E-state index contributed by atoms with van der Waals surface area (Å²) in [4.78, 5) is 3.51. The number of alkyl halides is 3. The Morgan fingerprint density at radius 3 is 2.05 bits per heavy atom. The zero-order valence-corrected chi connectivity index (χ0v) is 12.5. The molecule has 1 aromatic heterocycles. The fraction of sp³-hybridized carbons (Fsp3) is 0.273. The highest BCUT2D eigenvalue weighted by Crippen LogP contribution is 2.33. The van der Waals surface area contributed by atoms with Crippen molar-refractivity contribution in [2.45, 2.75) is 13.1 Å². The summed E-state index contributed by atoms with van der Waals surface area (Å²) in [6.45, 7) is 1.43. The molecule has 1 aromatic carbocycles. The minimum Gasteiger partial charge on any atom is -0.159 e. The summed E-state index contributed by atoms with van der Waals surface area (Å²) in [5.41, 5.74) is 0.195. The van der Waals surface area contributed by atoms with Gasteiger partial charge in [0.25, 0.3) is 5.82 Å². The summed E-state index contributed by atoms with van der Waals surface area (Å²) in [6, 6.07) is 2.80. The molecule has 0 aliphatic carbocycles. The fourth-order valence-corrected chi connectivity index (χ4v) is 2.86. The lowest BCUT2D eigenvalue weighted by Gasteiger charge is -2.09. The summed E-state index contributed by atoms with van der Waals surface area (Å²) in [6.07, 6.45) is -4.57. The lowest BCUT2D eigenvalue weighted by Crippen LogP contribution is -2.44. The molecule has 0 aliphatic heterocycles. The van der Waals surface area contributed by atoms with E-state index in [1.807, 2.05) is 0 Å². The molecule has 9 heteroatoms. The monoisotopic (exact) mass is 344 g/mol. The van der Waals surface area contributed by atoms with Gasteiger partial charge < -0.3 is 0 Å². The molecule has 0 spiro atoms. The van der Waals surface area contributed by atoms with Gasteiger partial charge in [-0.1, -0.05) is 34.8 Å². The van der Waals surface area contributed by atoms with E-state index in [0.29, 0.717) is 5.02 Å². The number of aromatic nitrogens is 3. The molecule has 0 fully saturated rings. The van der Waals surface area contributed by atoms with Crippen LogP contribution in [-0.4, -0.2) is 9.67 Å². The summed E-state index contributed by atoms with van der Waals surface area (Å²) in [7, 11) is 1.23. The lowest BCUT2D eigenvalue weighted by molar-refractivity contribution is -0.761. The van der Waals surface area contributed by atoms with Crippen LogP contribution in [0, 0.1) is 6.92 Å². The van der Waals surface area contributed by atoms with Crippen LogP contribution in [0.15, 0.2) is 12.1 Å². The van der Waals surface area contributed by atoms with E-state index in [0.717, 1.165) is 4.68 Å². The second-order valence-corrected chi connectivity index (χ2v) is 5.28. The summed E-state index contributed by atoms with van der Waals surface area (Å²) in [5.74, 6) is -0.942. The first-order valence-corrected chi connectivity index (χ1v) is 6.44. The lowest BCUT2D eigenvalue weighted by atomic mass is 10.3. The van der Waals surface area contributed by atoms with Crippen LogP contribution in [0.2, 0.25) is 15.1 Å². The van der Waals surface area contributed by atoms with Gasteiger partial charge in [0.05, 0.1) is 10.0 Å². The van der Waals surface area contributed by atoms with E-state index in [1.165, 1.54) is 30.8 Å². The zero-order chi connectivity index (χ0) is 15.2. The molecule has 0 N–H and O–H groups in total. The number of halogens is 6. The number of rotatable bonds is 1. The van der Waals surface area contributed by atoms with Crippen molar-refractivity contribution in [1.82, 2.24) is 9.67 Å². The first-order valence-electron chi connectivity index (χ1n) is 5.30. The van der Waals surface area contributed by atoms with E-state index >= 15 is 0 Å². The van der Waals surface area contributed by atoms with Gasteiger partial charge in [-0.15, -0.1) is 9.36 Å². The van der Waals surface area contributed by atoms with Crippen molar-refractivity contribution in [2.24, 2.45) is 7.05 Å². The molecule has 0 bridgehead atoms. The quantitative estimate of drug-likeness (QED) is 0.716. The number of aryl methyl sites for hydroxylation is 1. The normalized spacial score (nSPS) is 12.0. The Labute approximate surface area is 127 Å². The van der Waals surface area contributed by atoms with Gasteiger partial charge in [0.1, 0.15) is 12.7 Å². The van der Waals surface area contributed by atoms with Gasteiger partial charge in [0, 0.05) is 11.9 Å². The molecule has 2 rings (SSSR count). The third kappa shape index (κ3) is 2.60. The van der Waals surface area contributed by atoms with Crippen molar-refractivity contribution < 1.29 is 17.9 Å². The minimum absolute atomic E-state index is 0.103. The van der Waals surface area contributed by atoms with Gasteiger partial charge in [-0.25, -0.2) is 0 Å². The molecular formula is C11H8Cl3F3N3+. The predicted molar refractivity (Wildman–Crippen MR) is 69.5 cm³/mol. The number of benzene rings is 1. The average molecular weight is 346 g/mol. The van der Waals surface area contributed by atoms with Crippen LogP contribution >= 0.6 is 34.8 Å². The van der Waals surface area contributed by atoms with Crippen molar-refractivity contribution >= 4 is 34.8 Å². The molecule has 0 saturated heterocycles. The van der Waals surface area contributed by atoms with Crippen molar-refractivity contribution in [3.8, 4) is 5.69 Å². The van der Waals surface area contributed by atoms with E-state index in [2.05, 4.69) is 4.98 Å². The molecule has 0 unspecified atom stereocenters. The van der Waals surface area contributed by atoms with Crippen molar-refractivity contribution in [3.05, 3.63) is 38.8 Å². The topological polar surface area (TPSA) is 21.7 Å². The average Bonchev–Trinajstić information content (AvgIpc) is 2.55. The Morgan fingerprint density at radius 1 is 1.15 bits per heavy atom. The molecule has 2 aromatic rings. The molecule has 1 heterocycles. The fourth-order valence-electron chi connectivity index (χ4n) is 1.88. The SMILES string of the molecule is Cc1nc(C(F)(F)F)[n+](C)n1-c1c(Cl)cc(Cl)cc1Cl. The molecule has 0 amide bonds. The van der Waals surface area contributed by atoms with Crippen LogP contribution in [0.25, 0.3) is 5.69 Å². The van der Waals surface area contributed by atoms with Crippen LogP contribution in [0.1, 0.15) is 11.6 Å². The van der Waals surface area contributed by atoms with E-state index in [4.69, 9.17) is 34.8 Å². The number of hydrogen-bond acceptors (Lipinski definition) is 1. The van der Waals surface area contributed by atoms with Crippen LogP contribution in [-0.2, 0) is 13.2 Å². The van der Waals surface area contributed by atoms with E-state index in [1.54, 1.807) is 0 Å². The third-order valence-corrected chi connectivity index (χ3v) is 3.42. The Balaban J connectivity index is 2.75. The Hall–Kier alpha value is -0.980. The second kappa shape index (κ2) is 5.09. The van der Waals surface area contributed by atoms with Crippen molar-refractivity contribution in [2.75, 3.05) is 0 Å². The molecule has 108 valence electrons. The Kier molecular flexibility index (Phi) is 3.92. The predicted octanol–water partition coefficient (Wildman–Crippen LogP) is 3.98. The Bertz CT molecular complexity index is 657. The van der Waals surface area contributed by atoms with Gasteiger partial charge in [0.2, 0.25) is 0 Å². The first kappa shape index (κ1) is 15.4. The molecule has 0 atom stereocenters. The molecule has 0 saturated carbocycles. The van der Waals surface area contributed by atoms with Gasteiger partial charge in [-0.2, -0.15) is 13.2 Å². The minimum atomic E-state index is -4.57. The highest BCUT2D eigenvalue weighted by Gasteiger charge is 2.46. The molecular weight excluding hydrogens is 337 g/mol. The summed E-state index contributed by atoms with van der Waals surface area (Å²) < 4.78 is 40.5. The third-order valence-electron chi connectivity index (χ3n) is 2.63. The smallest absolute Gasteiger partial charge is 0.159 e. The van der Waals surface area contributed by atoms with Crippen LogP contribution < -0.4 is 4.68 Å². The maximum atomic E-state index is 12.8. The summed E-state index contributed by atoms with van der Waals surface area (Å²) >= 11 is 17.8. The summed E-state index contributed by atoms with van der Waals surface area (Å²) in [5, 5.41) is 0.555. The van der Waals surface area contributed by atoms with Gasteiger partial charge in [-0.3, -0.25) is 0 Å². The highest BCUT2D eigenvalue weighted by atomic mass is 35.5. The van der Waals surface area contributed by atoms with Gasteiger partial charge in [-0.05, 0) is 17.1 Å². The van der Waals surface area contributed by atoms with Gasteiger partial charge >= 0.3 is 12.0 Å². The van der Waals surface area contributed by atoms with Crippen molar-refractivity contribution in [3.63, 3.8) is 0 Å². The molecule has 3 nitrogen and oxygen atoms in total. The zero-order valence-electron chi connectivity index (χ0n) is 10.3. The Morgan fingerprint density at radius 2 is 1.65 bits per heavy atom. The van der Waals surface area contributed by atoms with E-state index < -0.39 is 12.0 Å². The molecule has 0 radical (unpaired) electrons. The van der Waals surface area contributed by atoms with Crippen LogP contribution in [0.5, 0.6) is 0 Å². The largest absolute Gasteiger partial charge is 0.501 e. The highest BCUT2D eigenvalue weighted by molar-refractivity contribution is 6.40. The van der Waals surface area contributed by atoms with Gasteiger partial charge in [0.15, 0.2) is 0 Å². The van der Waals surface area contributed by atoms with E-state index in [9.17, 15) is 13.2 Å². The van der Waals surface area contributed by atoms with E-state index in [-0.39, 0.29) is 21.6 Å². The number of nitrogens with zero attached hydrogens (tertiary/aromatic N) is 3. The second-order valence-electron chi connectivity index (χ2n) is 4.03. The van der Waals surface area contributed by atoms with Crippen LogP contribution in [0.3, 0.4) is 0 Å². The van der Waals surface area contributed by atoms with Crippen molar-refractivity contribution in [1.29, 1.82) is 0 Å².